The Morgan fingerprint density at radius 2 is 0.712 bits per heavy atom. The van der Waals surface area contributed by atoms with Crippen LogP contribution in [0.25, 0.3) is 11.1 Å². The third-order valence-corrected chi connectivity index (χ3v) is 18.7. The van der Waals surface area contributed by atoms with Crippen LogP contribution in [0.15, 0.2) is 215 Å². The molecule has 3 aliphatic carbocycles. The van der Waals surface area contributed by atoms with Crippen molar-refractivity contribution in [3.8, 4) is 45.6 Å². The molecule has 0 saturated heterocycles. The van der Waals surface area contributed by atoms with E-state index in [-0.39, 0.29) is 5.56 Å². The average Bonchev–Trinajstić information content (AvgIpc) is 3.47. The lowest BCUT2D eigenvalue weighted by molar-refractivity contribution is 0.0757. The summed E-state index contributed by atoms with van der Waals surface area (Å²) in [5, 5.41) is 0. The molecule has 6 heteroatoms. The van der Waals surface area contributed by atoms with Gasteiger partial charge in [0, 0.05) is 26.3 Å². The van der Waals surface area contributed by atoms with E-state index in [9.17, 15) is 0 Å². The first kappa shape index (κ1) is 48.3. The Morgan fingerprint density at radius 3 is 1.10 bits per heavy atom. The van der Waals surface area contributed by atoms with Crippen molar-refractivity contribution in [1.82, 2.24) is 0 Å². The normalized spacial score (nSPS) is 16.1. The van der Waals surface area contributed by atoms with Gasteiger partial charge >= 0.3 is 5.97 Å². The molecule has 0 bridgehead atoms. The van der Waals surface area contributed by atoms with Crippen LogP contribution < -0.4 is 14.2 Å². The molecule has 8 aromatic rings. The summed E-state index contributed by atoms with van der Waals surface area (Å²) in [6.45, 7) is 0. The van der Waals surface area contributed by atoms with Gasteiger partial charge in [-0.05, 0) is 162 Å². The van der Waals surface area contributed by atoms with Gasteiger partial charge in [0.1, 0.15) is 17.2 Å². The van der Waals surface area contributed by atoms with E-state index >= 15 is 4.79 Å². The van der Waals surface area contributed by atoms with Gasteiger partial charge in [0.2, 0.25) is 5.75 Å². The fourth-order valence-corrected chi connectivity index (χ4v) is 14.6. The van der Waals surface area contributed by atoms with E-state index < -0.39 is 16.3 Å². The van der Waals surface area contributed by atoms with Gasteiger partial charge in [-0.3, -0.25) is 0 Å². The Kier molecular flexibility index (Phi) is 15.1. The highest BCUT2D eigenvalue weighted by Crippen LogP contribution is 2.70. The zero-order valence-electron chi connectivity index (χ0n) is 41.8. The van der Waals surface area contributed by atoms with Crippen molar-refractivity contribution in [2.24, 2.45) is 0 Å². The Hall–Kier alpha value is -7.02. The summed E-state index contributed by atoms with van der Waals surface area (Å²) in [4.78, 5) is 19.4. The first-order valence-electron chi connectivity index (χ1n) is 26.9. The molecule has 0 unspecified atom stereocenters. The van der Waals surface area contributed by atoms with Crippen LogP contribution in [0.2, 0.25) is 0 Å². The predicted octanol–water partition coefficient (Wildman–Crippen LogP) is 19.9. The second-order valence-corrected chi connectivity index (χ2v) is 22.9. The highest BCUT2D eigenvalue weighted by Gasteiger charge is 2.39. The molecule has 0 aliphatic heterocycles. The molecular formula is C67H66O5S. The monoisotopic (exact) mass is 982 g/mol. The number of carbonyl (C=O) groups excluding carboxylic acids is 1. The number of hydrogen-bond donors (Lipinski definition) is 0. The van der Waals surface area contributed by atoms with E-state index in [0.717, 1.165) is 20.2 Å². The second-order valence-electron chi connectivity index (χ2n) is 20.2. The van der Waals surface area contributed by atoms with E-state index in [1.54, 1.807) is 6.07 Å². The molecule has 0 atom stereocenters. The summed E-state index contributed by atoms with van der Waals surface area (Å²) >= 11 is 0. The molecular weight excluding hydrogens is 917 g/mol. The van der Waals surface area contributed by atoms with Crippen LogP contribution >= 0.6 is 10.3 Å². The lowest BCUT2D eigenvalue weighted by Gasteiger charge is -2.40. The first-order valence-corrected chi connectivity index (χ1v) is 28.5. The van der Waals surface area contributed by atoms with Crippen LogP contribution in [0.1, 0.15) is 141 Å². The number of hydrogen-bond acceptors (Lipinski definition) is 5. The first-order chi connectivity index (χ1) is 36.1. The highest BCUT2D eigenvalue weighted by atomic mass is 32.3. The van der Waals surface area contributed by atoms with Crippen LogP contribution in [-0.2, 0) is 4.18 Å². The summed E-state index contributed by atoms with van der Waals surface area (Å²) < 4.78 is 28.4. The summed E-state index contributed by atoms with van der Waals surface area (Å²) in [6, 6.07) is 68.1. The van der Waals surface area contributed by atoms with Crippen LogP contribution in [0, 0.1) is 0 Å². The summed E-state index contributed by atoms with van der Waals surface area (Å²) in [7, 11) is -2.79. The van der Waals surface area contributed by atoms with Gasteiger partial charge in [0.05, 0.1) is 5.56 Å². The number of para-hydroxylation sites is 3. The van der Waals surface area contributed by atoms with Crippen molar-refractivity contribution in [1.29, 1.82) is 0 Å². The second kappa shape index (κ2) is 22.8. The fraction of sp³-hybridized carbons (Fsp3) is 0.269. The Bertz CT molecular complexity index is 2880. The molecule has 0 radical (unpaired) electrons. The van der Waals surface area contributed by atoms with Gasteiger partial charge < -0.3 is 18.4 Å². The van der Waals surface area contributed by atoms with Gasteiger partial charge in [-0.2, -0.15) is 0 Å². The molecule has 0 heterocycles. The molecule has 8 aromatic carbocycles. The van der Waals surface area contributed by atoms with Crippen molar-refractivity contribution >= 4 is 16.3 Å². The van der Waals surface area contributed by atoms with E-state index in [2.05, 4.69) is 72.8 Å². The third kappa shape index (κ3) is 10.9. The van der Waals surface area contributed by atoms with Crippen molar-refractivity contribution in [3.05, 3.63) is 222 Å². The maximum absolute atomic E-state index is 16.4. The summed E-state index contributed by atoms with van der Waals surface area (Å²) in [5.41, 5.74) is 5.65. The molecule has 0 aromatic heterocycles. The average molecular weight is 983 g/mol. The van der Waals surface area contributed by atoms with Crippen molar-refractivity contribution in [3.63, 3.8) is 0 Å². The highest BCUT2D eigenvalue weighted by molar-refractivity contribution is 8.30. The van der Waals surface area contributed by atoms with Crippen molar-refractivity contribution in [2.45, 2.75) is 129 Å². The molecule has 0 amide bonds. The molecule has 0 spiro atoms. The quantitative estimate of drug-likeness (QED) is 0.102. The largest absolute Gasteiger partial charge is 0.453 e. The molecule has 370 valence electrons. The maximum atomic E-state index is 16.4. The molecule has 3 fully saturated rings. The van der Waals surface area contributed by atoms with Crippen LogP contribution in [0.4, 0.5) is 0 Å². The van der Waals surface area contributed by atoms with E-state index in [1.165, 1.54) is 113 Å². The van der Waals surface area contributed by atoms with Crippen LogP contribution in [-0.4, -0.2) is 5.97 Å². The standard InChI is InChI=1S/C67H66O5S/c68-67(62-48-63(69-56-30-16-5-17-31-56)65(70-57-32-18-6-19-33-57)66(71-58-34-20-7-21-35-58)64(62)55-28-14-4-15-29-55)72-73(59-42-36-52(37-43-59)49-22-8-1-9-23-49,60-44-38-53(39-45-60)50-24-10-2-11-25-50)61-46-40-54(41-47-61)51-26-12-3-13-27-51/h4-7,14-21,28-51H,1-3,8-13,22-27H2. The van der Waals surface area contributed by atoms with Gasteiger partial charge in [-0.25, -0.2) is 4.79 Å². The van der Waals surface area contributed by atoms with Crippen molar-refractivity contribution < 1.29 is 23.2 Å². The minimum absolute atomic E-state index is 0.289. The maximum Gasteiger partial charge on any atom is 0.350 e. The van der Waals surface area contributed by atoms with Crippen LogP contribution in [0.3, 0.4) is 0 Å². The zero-order chi connectivity index (χ0) is 49.2. The smallest absolute Gasteiger partial charge is 0.350 e. The lowest BCUT2D eigenvalue weighted by Crippen LogP contribution is -2.16. The predicted molar refractivity (Wildman–Crippen MR) is 296 cm³/mol. The fourth-order valence-electron chi connectivity index (χ4n) is 11.6. The van der Waals surface area contributed by atoms with Crippen LogP contribution in [0.5, 0.6) is 34.5 Å². The van der Waals surface area contributed by atoms with Gasteiger partial charge in [-0.15, -0.1) is 0 Å². The molecule has 11 rings (SSSR count). The summed E-state index contributed by atoms with van der Waals surface area (Å²) in [6.07, 6.45) is 18.6. The minimum Gasteiger partial charge on any atom is -0.453 e. The lowest BCUT2D eigenvalue weighted by atomic mass is 9.84. The zero-order valence-corrected chi connectivity index (χ0v) is 42.7. The van der Waals surface area contributed by atoms with Gasteiger partial charge in [0.25, 0.3) is 0 Å². The Balaban J connectivity index is 1.14. The van der Waals surface area contributed by atoms with Gasteiger partial charge in [-0.1, -0.05) is 179 Å². The van der Waals surface area contributed by atoms with Gasteiger partial charge in [0.15, 0.2) is 11.5 Å². The van der Waals surface area contributed by atoms with E-state index in [0.29, 0.717) is 57.8 Å². The Morgan fingerprint density at radius 1 is 0.370 bits per heavy atom. The molecule has 0 N–H and O–H groups in total. The molecule has 73 heavy (non-hydrogen) atoms. The molecule has 3 saturated carbocycles. The number of ether oxygens (including phenoxy) is 3. The van der Waals surface area contributed by atoms with E-state index in [1.807, 2.05) is 121 Å². The molecule has 5 nitrogen and oxygen atoms in total. The SMILES string of the molecule is O=C(OS(c1ccc(C2CCCCC2)cc1)(c1ccc(C2CCCCC2)cc1)c1ccc(C2CCCCC2)cc1)c1cc(Oc2ccccc2)c(Oc2ccccc2)c(Oc2ccccc2)c1-c1ccccc1. The number of rotatable bonds is 15. The Labute approximate surface area is 434 Å². The third-order valence-electron chi connectivity index (χ3n) is 15.4. The number of carbonyl (C=O) groups is 1. The van der Waals surface area contributed by atoms with Crippen molar-refractivity contribution in [2.75, 3.05) is 0 Å². The topological polar surface area (TPSA) is 54.0 Å². The number of benzene rings is 8. The van der Waals surface area contributed by atoms with E-state index in [4.69, 9.17) is 18.4 Å². The summed E-state index contributed by atoms with van der Waals surface area (Å²) in [5.74, 6) is 3.76. The minimum atomic E-state index is -2.79. The molecule has 3 aliphatic rings.